The molecule has 0 aliphatic heterocycles. The lowest BCUT2D eigenvalue weighted by Gasteiger charge is -2.19. The van der Waals surface area contributed by atoms with Crippen LogP contribution in [0, 0.1) is 12.7 Å². The predicted octanol–water partition coefficient (Wildman–Crippen LogP) is 2.81. The van der Waals surface area contributed by atoms with Crippen LogP contribution in [0.4, 0.5) is 10.2 Å². The number of amides is 1. The van der Waals surface area contributed by atoms with E-state index in [2.05, 4.69) is 10.3 Å². The summed E-state index contributed by atoms with van der Waals surface area (Å²) in [5.41, 5.74) is 0.949. The topological polar surface area (TPSA) is 79.4 Å². The smallest absolute Gasteiger partial charge is 0.256 e. The van der Waals surface area contributed by atoms with Crippen LogP contribution in [0.15, 0.2) is 41.4 Å². The van der Waals surface area contributed by atoms with Gasteiger partial charge in [0.2, 0.25) is 10.0 Å². The van der Waals surface area contributed by atoms with Crippen molar-refractivity contribution in [3.63, 3.8) is 0 Å². The fraction of sp³-hybridized carbons (Fsp3) is 0.294. The standard InChI is InChI=1S/C17H20FN3O3S/c1-4-21(5-2)25(23,24)15-11-13(6-7-14(15)18)17(22)20-16-10-12(3)8-9-19-16/h6-11H,4-5H2,1-3H3,(H,19,20,22). The Kier molecular flexibility index (Phi) is 5.86. The summed E-state index contributed by atoms with van der Waals surface area (Å²) in [5, 5.41) is 2.57. The molecule has 0 radical (unpaired) electrons. The highest BCUT2D eigenvalue weighted by atomic mass is 32.2. The number of rotatable bonds is 6. The van der Waals surface area contributed by atoms with Gasteiger partial charge in [0.05, 0.1) is 0 Å². The summed E-state index contributed by atoms with van der Waals surface area (Å²) >= 11 is 0. The summed E-state index contributed by atoms with van der Waals surface area (Å²) in [6.07, 6.45) is 1.55. The molecule has 134 valence electrons. The van der Waals surface area contributed by atoms with Gasteiger partial charge in [-0.25, -0.2) is 17.8 Å². The molecule has 8 heteroatoms. The van der Waals surface area contributed by atoms with Gasteiger partial charge >= 0.3 is 0 Å². The largest absolute Gasteiger partial charge is 0.307 e. The van der Waals surface area contributed by atoms with Crippen LogP contribution in [0.25, 0.3) is 0 Å². The first-order valence-corrected chi connectivity index (χ1v) is 9.27. The highest BCUT2D eigenvalue weighted by Crippen LogP contribution is 2.21. The molecule has 0 aliphatic carbocycles. The normalized spacial score (nSPS) is 11.6. The summed E-state index contributed by atoms with van der Waals surface area (Å²) in [5.74, 6) is -1.12. The number of hydrogen-bond donors (Lipinski definition) is 1. The van der Waals surface area contributed by atoms with Gasteiger partial charge in [0.1, 0.15) is 16.5 Å². The first-order valence-electron chi connectivity index (χ1n) is 7.83. The molecule has 0 spiro atoms. The van der Waals surface area contributed by atoms with Gasteiger partial charge in [0, 0.05) is 24.8 Å². The van der Waals surface area contributed by atoms with Gasteiger partial charge in [-0.15, -0.1) is 0 Å². The summed E-state index contributed by atoms with van der Waals surface area (Å²) < 4.78 is 40.3. The molecule has 1 aromatic carbocycles. The molecule has 1 heterocycles. The van der Waals surface area contributed by atoms with Gasteiger partial charge in [-0.2, -0.15) is 4.31 Å². The van der Waals surface area contributed by atoms with Gasteiger partial charge in [0.25, 0.3) is 5.91 Å². The Labute approximate surface area is 146 Å². The molecule has 0 unspecified atom stereocenters. The van der Waals surface area contributed by atoms with Crippen molar-refractivity contribution >= 4 is 21.7 Å². The van der Waals surface area contributed by atoms with E-state index < -0.39 is 26.6 Å². The van der Waals surface area contributed by atoms with Crippen LogP contribution >= 0.6 is 0 Å². The fourth-order valence-electron chi connectivity index (χ4n) is 2.34. The van der Waals surface area contributed by atoms with Crippen molar-refractivity contribution < 1.29 is 17.6 Å². The Morgan fingerprint density at radius 2 is 1.88 bits per heavy atom. The van der Waals surface area contributed by atoms with E-state index in [1.54, 1.807) is 32.2 Å². The molecule has 0 saturated carbocycles. The highest BCUT2D eigenvalue weighted by molar-refractivity contribution is 7.89. The lowest BCUT2D eigenvalue weighted by Crippen LogP contribution is -2.31. The van der Waals surface area contributed by atoms with Crippen LogP contribution in [0.2, 0.25) is 0 Å². The van der Waals surface area contributed by atoms with E-state index in [4.69, 9.17) is 0 Å². The van der Waals surface area contributed by atoms with Crippen LogP contribution < -0.4 is 5.32 Å². The summed E-state index contributed by atoms with van der Waals surface area (Å²) in [7, 11) is -4.00. The summed E-state index contributed by atoms with van der Waals surface area (Å²) in [6.45, 7) is 5.60. The number of nitrogens with one attached hydrogen (secondary N) is 1. The maximum Gasteiger partial charge on any atom is 0.256 e. The van der Waals surface area contributed by atoms with Gasteiger partial charge in [-0.1, -0.05) is 13.8 Å². The first-order chi connectivity index (χ1) is 11.8. The molecule has 1 amide bonds. The third-order valence-corrected chi connectivity index (χ3v) is 5.74. The van der Waals surface area contributed by atoms with E-state index in [1.807, 2.05) is 6.92 Å². The number of nitrogens with zero attached hydrogens (tertiary/aromatic N) is 2. The minimum absolute atomic E-state index is 0.0374. The number of halogens is 1. The lowest BCUT2D eigenvalue weighted by molar-refractivity contribution is 0.102. The molecule has 0 aliphatic rings. The average Bonchev–Trinajstić information content (AvgIpc) is 2.55. The van der Waals surface area contributed by atoms with Crippen molar-refractivity contribution in [1.82, 2.24) is 9.29 Å². The second kappa shape index (κ2) is 7.71. The first kappa shape index (κ1) is 19.0. The minimum Gasteiger partial charge on any atom is -0.307 e. The van der Waals surface area contributed by atoms with Crippen LogP contribution in [-0.4, -0.2) is 36.7 Å². The third kappa shape index (κ3) is 4.21. The van der Waals surface area contributed by atoms with E-state index in [9.17, 15) is 17.6 Å². The number of pyridine rings is 1. The van der Waals surface area contributed by atoms with Crippen LogP contribution in [-0.2, 0) is 10.0 Å². The predicted molar refractivity (Wildman–Crippen MR) is 93.4 cm³/mol. The lowest BCUT2D eigenvalue weighted by atomic mass is 10.2. The van der Waals surface area contributed by atoms with Gasteiger partial charge in [-0.3, -0.25) is 4.79 Å². The van der Waals surface area contributed by atoms with Crippen LogP contribution in [0.3, 0.4) is 0 Å². The Morgan fingerprint density at radius 1 is 1.20 bits per heavy atom. The second-order valence-electron chi connectivity index (χ2n) is 5.41. The van der Waals surface area contributed by atoms with E-state index in [0.29, 0.717) is 5.82 Å². The molecule has 2 rings (SSSR count). The summed E-state index contributed by atoms with van der Waals surface area (Å²) in [6, 6.07) is 6.72. The third-order valence-electron chi connectivity index (χ3n) is 3.67. The van der Waals surface area contributed by atoms with Gasteiger partial charge in [-0.05, 0) is 42.8 Å². The monoisotopic (exact) mass is 365 g/mol. The zero-order chi connectivity index (χ0) is 18.6. The summed E-state index contributed by atoms with van der Waals surface area (Å²) in [4.78, 5) is 15.8. The fourth-order valence-corrected chi connectivity index (χ4v) is 3.89. The Balaban J connectivity index is 2.37. The maximum absolute atomic E-state index is 14.1. The molecule has 0 fully saturated rings. The van der Waals surface area contributed by atoms with Crippen molar-refractivity contribution in [2.24, 2.45) is 0 Å². The number of carbonyl (C=O) groups is 1. The number of carbonyl (C=O) groups excluding carboxylic acids is 1. The molecule has 1 N–H and O–H groups in total. The number of benzene rings is 1. The van der Waals surface area contributed by atoms with Crippen molar-refractivity contribution in [3.8, 4) is 0 Å². The zero-order valence-electron chi connectivity index (χ0n) is 14.3. The number of anilines is 1. The van der Waals surface area contributed by atoms with Crippen LogP contribution in [0.5, 0.6) is 0 Å². The number of aromatic nitrogens is 1. The molecule has 0 atom stereocenters. The van der Waals surface area contributed by atoms with Crippen LogP contribution in [0.1, 0.15) is 29.8 Å². The molecular weight excluding hydrogens is 345 g/mol. The van der Waals surface area contributed by atoms with Crippen molar-refractivity contribution in [3.05, 3.63) is 53.5 Å². The SMILES string of the molecule is CCN(CC)S(=O)(=O)c1cc(C(=O)Nc2cc(C)ccn2)ccc1F. The molecule has 0 bridgehead atoms. The van der Waals surface area contributed by atoms with Crippen molar-refractivity contribution in [2.45, 2.75) is 25.7 Å². The molecule has 1 aromatic heterocycles. The minimum atomic E-state index is -4.00. The van der Waals surface area contributed by atoms with Gasteiger partial charge < -0.3 is 5.32 Å². The van der Waals surface area contributed by atoms with Crippen molar-refractivity contribution in [2.75, 3.05) is 18.4 Å². The van der Waals surface area contributed by atoms with Crippen molar-refractivity contribution in [1.29, 1.82) is 0 Å². The number of sulfonamides is 1. The second-order valence-corrected chi connectivity index (χ2v) is 7.31. The maximum atomic E-state index is 14.1. The molecule has 0 saturated heterocycles. The average molecular weight is 365 g/mol. The highest BCUT2D eigenvalue weighted by Gasteiger charge is 2.26. The number of hydrogen-bond acceptors (Lipinski definition) is 4. The van der Waals surface area contributed by atoms with E-state index in [1.165, 1.54) is 6.07 Å². The Morgan fingerprint density at radius 3 is 2.48 bits per heavy atom. The quantitative estimate of drug-likeness (QED) is 0.854. The molecule has 2 aromatic rings. The zero-order valence-corrected chi connectivity index (χ0v) is 15.1. The number of aryl methyl sites for hydroxylation is 1. The molecule has 6 nitrogen and oxygen atoms in total. The Bertz CT molecular complexity index is 880. The van der Waals surface area contributed by atoms with E-state index >= 15 is 0 Å². The van der Waals surface area contributed by atoms with Gasteiger partial charge in [0.15, 0.2) is 0 Å². The Hall–Kier alpha value is -2.32. The molecule has 25 heavy (non-hydrogen) atoms. The molecular formula is C17H20FN3O3S. The van der Waals surface area contributed by atoms with E-state index in [0.717, 1.165) is 22.0 Å². The van der Waals surface area contributed by atoms with E-state index in [-0.39, 0.29) is 18.7 Å².